The van der Waals surface area contributed by atoms with Gasteiger partial charge in [-0.05, 0) is 131 Å². The fourth-order valence-electron chi connectivity index (χ4n) is 8.13. The molecule has 0 radical (unpaired) electrons. The van der Waals surface area contributed by atoms with Crippen LogP contribution in [0.1, 0.15) is 47.9 Å². The van der Waals surface area contributed by atoms with Crippen molar-refractivity contribution in [3.05, 3.63) is 119 Å². The molecule has 6 nitrogen and oxygen atoms in total. The Kier molecular flexibility index (Phi) is 7.81. The van der Waals surface area contributed by atoms with Crippen molar-refractivity contribution >= 4 is 39.3 Å². The van der Waals surface area contributed by atoms with Gasteiger partial charge in [0.05, 0.1) is 0 Å². The van der Waals surface area contributed by atoms with Crippen LogP contribution in [0.4, 0.5) is 13.2 Å². The van der Waals surface area contributed by atoms with Gasteiger partial charge in [-0.15, -0.1) is 0 Å². The molecular formula is C41H33F3NO5PS. The molecule has 0 bridgehead atoms. The molecule has 11 heteroatoms. The van der Waals surface area contributed by atoms with Gasteiger partial charge < -0.3 is 9.05 Å². The molecule has 0 spiro atoms. The molecule has 1 heterocycles. The maximum Gasteiger partial charge on any atom is 0.526 e. The molecule has 0 aromatic heterocycles. The Labute approximate surface area is 299 Å². The smallest absolute Gasteiger partial charge is 0.403 e. The van der Waals surface area contributed by atoms with Gasteiger partial charge in [0.15, 0.2) is 0 Å². The topological polar surface area (TPSA) is 81.7 Å². The first-order valence-corrected chi connectivity index (χ1v) is 20.5. The number of benzene rings is 6. The SMILES string of the molecule is O=P1(NS(=O)(=O)C(F)(F)F)Oc2c(-c3ccc4ccccc4c3)cc3c(c2-c2c4c(cc(-c5ccc6ccccc6c5)c2O1)CCCC4)CCCC3. The second-order valence-corrected chi connectivity index (χ2v) is 17.4. The van der Waals surface area contributed by atoms with Crippen molar-refractivity contribution in [2.24, 2.45) is 0 Å². The third-order valence-corrected chi connectivity index (χ3v) is 13.8. The molecule has 264 valence electrons. The fourth-order valence-corrected chi connectivity index (χ4v) is 10.9. The van der Waals surface area contributed by atoms with Crippen LogP contribution >= 0.6 is 7.75 Å². The molecule has 2 aliphatic carbocycles. The molecule has 0 fully saturated rings. The van der Waals surface area contributed by atoms with Crippen molar-refractivity contribution in [3.63, 3.8) is 0 Å². The summed E-state index contributed by atoms with van der Waals surface area (Å²) < 4.78 is 96.3. The van der Waals surface area contributed by atoms with Gasteiger partial charge in [0.2, 0.25) is 0 Å². The summed E-state index contributed by atoms with van der Waals surface area (Å²) in [5.74, 6) is 0.0950. The van der Waals surface area contributed by atoms with Crippen LogP contribution in [0.2, 0.25) is 0 Å². The van der Waals surface area contributed by atoms with Crippen molar-refractivity contribution in [2.75, 3.05) is 0 Å². The summed E-state index contributed by atoms with van der Waals surface area (Å²) in [6, 6.07) is 31.1. The molecule has 6 aromatic rings. The average Bonchev–Trinajstić information content (AvgIpc) is 3.27. The number of alkyl halides is 3. The van der Waals surface area contributed by atoms with Gasteiger partial charge in [-0.1, -0.05) is 77.3 Å². The largest absolute Gasteiger partial charge is 0.526 e. The van der Waals surface area contributed by atoms with Crippen LogP contribution < -0.4 is 13.5 Å². The minimum Gasteiger partial charge on any atom is -0.403 e. The number of fused-ring (bicyclic) bond motifs is 9. The van der Waals surface area contributed by atoms with Crippen LogP contribution in [0, 0.1) is 0 Å². The van der Waals surface area contributed by atoms with Crippen LogP contribution in [0.5, 0.6) is 11.5 Å². The second kappa shape index (κ2) is 12.2. The summed E-state index contributed by atoms with van der Waals surface area (Å²) in [7, 11) is -11.5. The molecule has 1 aliphatic heterocycles. The Morgan fingerprint density at radius 3 is 1.44 bits per heavy atom. The van der Waals surface area contributed by atoms with Crippen LogP contribution in [-0.2, 0) is 40.3 Å². The summed E-state index contributed by atoms with van der Waals surface area (Å²) in [4.78, 5) is 0. The first-order chi connectivity index (χ1) is 25.0. The molecule has 0 unspecified atom stereocenters. The highest BCUT2D eigenvalue weighted by atomic mass is 32.2. The molecule has 52 heavy (non-hydrogen) atoms. The standard InChI is InChI=1S/C41H33F3NO5PS/c42-41(43,44)52(47,48)45-51(46)49-39-35(31-19-17-25-9-1-3-11-27(25)21-31)23-29-13-5-7-15-33(29)37(39)38-34-16-8-6-14-30(34)24-36(40(38)50-51)32-20-18-26-10-2-4-12-28(26)22-32/h1-4,9-12,17-24H,5-8,13-16H2,(H,45,46). The molecule has 1 N–H and O–H groups in total. The monoisotopic (exact) mass is 739 g/mol. The van der Waals surface area contributed by atoms with E-state index in [0.717, 1.165) is 82.3 Å². The number of rotatable bonds is 4. The van der Waals surface area contributed by atoms with Gasteiger partial charge in [0.1, 0.15) is 11.5 Å². The van der Waals surface area contributed by atoms with E-state index in [0.29, 0.717) is 46.2 Å². The van der Waals surface area contributed by atoms with Gasteiger partial charge in [0.25, 0.3) is 0 Å². The third kappa shape index (κ3) is 5.59. The lowest BCUT2D eigenvalue weighted by Crippen LogP contribution is -2.36. The zero-order chi connectivity index (χ0) is 35.8. The van der Waals surface area contributed by atoms with E-state index in [-0.39, 0.29) is 11.5 Å². The molecule has 3 aliphatic rings. The summed E-state index contributed by atoms with van der Waals surface area (Å²) in [6.07, 6.45) is 6.50. The van der Waals surface area contributed by atoms with Crippen molar-refractivity contribution < 1.29 is 35.2 Å². The minimum absolute atomic E-state index is 0.0475. The zero-order valence-electron chi connectivity index (χ0n) is 27.9. The highest BCUT2D eigenvalue weighted by Gasteiger charge is 2.53. The lowest BCUT2D eigenvalue weighted by molar-refractivity contribution is -0.0443. The first-order valence-electron chi connectivity index (χ1n) is 17.4. The van der Waals surface area contributed by atoms with Crippen LogP contribution in [0.3, 0.4) is 0 Å². The zero-order valence-corrected chi connectivity index (χ0v) is 29.6. The van der Waals surface area contributed by atoms with Crippen LogP contribution in [-0.4, -0.2) is 13.9 Å². The second-order valence-electron chi connectivity index (χ2n) is 13.8. The maximum absolute atomic E-state index is 14.9. The predicted octanol–water partition coefficient (Wildman–Crippen LogP) is 11.1. The number of hydrogen-bond donors (Lipinski definition) is 1. The highest BCUT2D eigenvalue weighted by Crippen LogP contribution is 2.62. The van der Waals surface area contributed by atoms with Gasteiger partial charge in [0, 0.05) is 22.3 Å². The van der Waals surface area contributed by atoms with Gasteiger partial charge in [-0.3, -0.25) is 0 Å². The molecule has 0 amide bonds. The molecule has 9 rings (SSSR count). The molecule has 0 saturated heterocycles. The predicted molar refractivity (Wildman–Crippen MR) is 198 cm³/mol. The number of aryl methyl sites for hydroxylation is 2. The summed E-state index contributed by atoms with van der Waals surface area (Å²) in [6.45, 7) is 0. The molecule has 6 aromatic carbocycles. The summed E-state index contributed by atoms with van der Waals surface area (Å²) in [5, 5.41) is 3.83. The summed E-state index contributed by atoms with van der Waals surface area (Å²) in [5.41, 5.74) is 1.87. The fraction of sp³-hybridized carbons (Fsp3) is 0.220. The Morgan fingerprint density at radius 1 is 0.577 bits per heavy atom. The molecule has 0 saturated carbocycles. The van der Waals surface area contributed by atoms with Crippen molar-refractivity contribution in [3.8, 4) is 44.9 Å². The van der Waals surface area contributed by atoms with E-state index in [4.69, 9.17) is 9.05 Å². The lowest BCUT2D eigenvalue weighted by atomic mass is 9.77. The highest BCUT2D eigenvalue weighted by molar-refractivity contribution is 7.95. The minimum atomic E-state index is -6.19. The van der Waals surface area contributed by atoms with Gasteiger partial charge in [-0.2, -0.15) is 13.2 Å². The van der Waals surface area contributed by atoms with E-state index >= 15 is 0 Å². The Bertz CT molecular complexity index is 2470. The Balaban J connectivity index is 1.40. The quantitative estimate of drug-likeness (QED) is 0.182. The van der Waals surface area contributed by atoms with Gasteiger partial charge in [-0.25, -0.2) is 13.0 Å². The van der Waals surface area contributed by atoms with E-state index in [9.17, 15) is 26.2 Å². The van der Waals surface area contributed by atoms with E-state index in [1.165, 1.54) is 4.49 Å². The number of halogens is 3. The average molecular weight is 740 g/mol. The maximum atomic E-state index is 14.9. The first kappa shape index (κ1) is 33.2. The van der Waals surface area contributed by atoms with E-state index in [1.807, 2.05) is 97.1 Å². The van der Waals surface area contributed by atoms with Crippen LogP contribution in [0.25, 0.3) is 54.9 Å². The Morgan fingerprint density at radius 2 is 1.00 bits per heavy atom. The normalized spacial score (nSPS) is 16.5. The van der Waals surface area contributed by atoms with Crippen LogP contribution in [0.15, 0.2) is 97.1 Å². The number of sulfonamides is 1. The molecule has 0 atom stereocenters. The Hall–Kier alpha value is -4.63. The number of hydrogen-bond acceptors (Lipinski definition) is 5. The number of nitrogens with one attached hydrogen (secondary N) is 1. The van der Waals surface area contributed by atoms with E-state index < -0.39 is 23.3 Å². The third-order valence-electron chi connectivity index (χ3n) is 10.5. The lowest BCUT2D eigenvalue weighted by Gasteiger charge is -2.28. The van der Waals surface area contributed by atoms with E-state index in [2.05, 4.69) is 0 Å². The molecular weight excluding hydrogens is 706 g/mol. The van der Waals surface area contributed by atoms with Crippen molar-refractivity contribution in [1.29, 1.82) is 0 Å². The summed E-state index contributed by atoms with van der Waals surface area (Å²) >= 11 is 0. The van der Waals surface area contributed by atoms with E-state index in [1.54, 1.807) is 0 Å². The van der Waals surface area contributed by atoms with Crippen molar-refractivity contribution in [2.45, 2.75) is 56.9 Å². The van der Waals surface area contributed by atoms with Gasteiger partial charge >= 0.3 is 23.3 Å². The van der Waals surface area contributed by atoms with Crippen molar-refractivity contribution in [1.82, 2.24) is 4.49 Å².